The molecule has 0 radical (unpaired) electrons. The topological polar surface area (TPSA) is 12.0 Å². The summed E-state index contributed by atoms with van der Waals surface area (Å²) in [6, 6.07) is 3.95. The maximum Gasteiger partial charge on any atom is 0.389 e. The summed E-state index contributed by atoms with van der Waals surface area (Å²) in [4.78, 5) is 0. The molecule has 96 valence electrons. The van der Waals surface area contributed by atoms with E-state index >= 15 is 0 Å². The Balaban J connectivity index is 2.83. The number of alkyl halides is 3. The maximum absolute atomic E-state index is 13.7. The van der Waals surface area contributed by atoms with Gasteiger partial charge in [0.1, 0.15) is 5.82 Å². The smallest absolute Gasteiger partial charge is 0.313 e. The second-order valence-corrected chi connectivity index (χ2v) is 4.49. The Morgan fingerprint density at radius 3 is 2.53 bits per heavy atom. The fraction of sp³-hybridized carbons (Fsp3) is 0.455. The fourth-order valence-corrected chi connectivity index (χ4v) is 1.93. The Labute approximate surface area is 105 Å². The summed E-state index contributed by atoms with van der Waals surface area (Å²) in [6.07, 6.45) is -5.35. The van der Waals surface area contributed by atoms with Crippen LogP contribution >= 0.6 is 15.9 Å². The second-order valence-electron chi connectivity index (χ2n) is 3.64. The van der Waals surface area contributed by atoms with Gasteiger partial charge >= 0.3 is 6.18 Å². The lowest BCUT2D eigenvalue weighted by molar-refractivity contribution is -0.136. The van der Waals surface area contributed by atoms with Crippen molar-refractivity contribution < 1.29 is 17.6 Å². The molecule has 0 aliphatic rings. The van der Waals surface area contributed by atoms with Crippen LogP contribution in [0.5, 0.6) is 0 Å². The molecule has 6 heteroatoms. The molecule has 1 rings (SSSR count). The van der Waals surface area contributed by atoms with Crippen LogP contribution in [0.4, 0.5) is 17.6 Å². The van der Waals surface area contributed by atoms with Crippen molar-refractivity contribution in [2.45, 2.75) is 25.1 Å². The Morgan fingerprint density at radius 1 is 1.35 bits per heavy atom. The zero-order valence-electron chi connectivity index (χ0n) is 9.11. The molecule has 1 N–H and O–H groups in total. The van der Waals surface area contributed by atoms with Gasteiger partial charge in [0, 0.05) is 18.0 Å². The number of hydrogen-bond donors (Lipinski definition) is 1. The Morgan fingerprint density at radius 2 is 2.00 bits per heavy atom. The van der Waals surface area contributed by atoms with E-state index in [4.69, 9.17) is 0 Å². The summed E-state index contributed by atoms with van der Waals surface area (Å²) < 4.78 is 50.3. The third-order valence-electron chi connectivity index (χ3n) is 2.42. The molecule has 1 nitrogen and oxygen atoms in total. The van der Waals surface area contributed by atoms with E-state index in [-0.39, 0.29) is 16.5 Å². The molecule has 1 aromatic rings. The van der Waals surface area contributed by atoms with Crippen molar-refractivity contribution in [3.05, 3.63) is 34.1 Å². The van der Waals surface area contributed by atoms with Crippen LogP contribution in [-0.4, -0.2) is 13.2 Å². The minimum atomic E-state index is -4.22. The summed E-state index contributed by atoms with van der Waals surface area (Å²) >= 11 is 3.01. The summed E-state index contributed by atoms with van der Waals surface area (Å²) in [5, 5.41) is 2.70. The van der Waals surface area contributed by atoms with Crippen molar-refractivity contribution >= 4 is 15.9 Å². The lowest BCUT2D eigenvalue weighted by atomic mass is 10.0. The van der Waals surface area contributed by atoms with Crippen LogP contribution in [-0.2, 0) is 0 Å². The SMILES string of the molecule is CNC(CCC(F)(F)F)c1cccc(Br)c1F. The molecule has 0 saturated carbocycles. The van der Waals surface area contributed by atoms with E-state index in [1.165, 1.54) is 19.2 Å². The average Bonchev–Trinajstić information content (AvgIpc) is 2.23. The molecule has 1 unspecified atom stereocenters. The van der Waals surface area contributed by atoms with Crippen LogP contribution in [0.15, 0.2) is 22.7 Å². The van der Waals surface area contributed by atoms with E-state index in [0.717, 1.165) is 0 Å². The predicted molar refractivity (Wildman–Crippen MR) is 61.2 cm³/mol. The first-order valence-corrected chi connectivity index (χ1v) is 5.82. The normalized spacial score (nSPS) is 13.8. The number of nitrogens with one attached hydrogen (secondary N) is 1. The van der Waals surface area contributed by atoms with Gasteiger partial charge < -0.3 is 5.32 Å². The number of hydrogen-bond acceptors (Lipinski definition) is 1. The molecule has 0 aromatic heterocycles. The minimum absolute atomic E-state index is 0.187. The van der Waals surface area contributed by atoms with E-state index in [9.17, 15) is 17.6 Å². The highest BCUT2D eigenvalue weighted by Crippen LogP contribution is 2.30. The largest absolute Gasteiger partial charge is 0.389 e. The maximum atomic E-state index is 13.7. The molecule has 1 aromatic carbocycles. The van der Waals surface area contributed by atoms with Crippen LogP contribution < -0.4 is 5.32 Å². The fourth-order valence-electron chi connectivity index (χ4n) is 1.55. The molecular formula is C11H12BrF4N. The lowest BCUT2D eigenvalue weighted by Crippen LogP contribution is -2.20. The number of halogens is 5. The molecule has 0 amide bonds. The third kappa shape index (κ3) is 4.27. The highest BCUT2D eigenvalue weighted by Gasteiger charge is 2.29. The first-order valence-electron chi connectivity index (χ1n) is 5.03. The number of benzene rings is 1. The Hall–Kier alpha value is -0.620. The van der Waals surface area contributed by atoms with Crippen LogP contribution in [0.3, 0.4) is 0 Å². The molecule has 0 saturated heterocycles. The summed E-state index contributed by atoms with van der Waals surface area (Å²) in [6.45, 7) is 0. The summed E-state index contributed by atoms with van der Waals surface area (Å²) in [5.41, 5.74) is 0.242. The van der Waals surface area contributed by atoms with Crippen molar-refractivity contribution in [3.63, 3.8) is 0 Å². The first kappa shape index (κ1) is 14.4. The van der Waals surface area contributed by atoms with E-state index in [1.807, 2.05) is 0 Å². The van der Waals surface area contributed by atoms with Crippen molar-refractivity contribution in [1.29, 1.82) is 0 Å². The van der Waals surface area contributed by atoms with Crippen molar-refractivity contribution in [2.24, 2.45) is 0 Å². The van der Waals surface area contributed by atoms with Gasteiger partial charge in [-0.25, -0.2) is 4.39 Å². The molecule has 0 fully saturated rings. The van der Waals surface area contributed by atoms with Crippen molar-refractivity contribution in [2.75, 3.05) is 7.05 Å². The highest BCUT2D eigenvalue weighted by molar-refractivity contribution is 9.10. The second kappa shape index (κ2) is 5.82. The van der Waals surface area contributed by atoms with E-state index in [1.54, 1.807) is 6.07 Å². The standard InChI is InChI=1S/C11H12BrF4N/c1-17-9(5-6-11(14,15)16)7-3-2-4-8(12)10(7)13/h2-4,9,17H,5-6H2,1H3. The van der Waals surface area contributed by atoms with Gasteiger partial charge in [0.2, 0.25) is 0 Å². The summed E-state index contributed by atoms with van der Waals surface area (Å²) in [7, 11) is 1.52. The molecular weight excluding hydrogens is 302 g/mol. The van der Waals surface area contributed by atoms with Gasteiger partial charge in [-0.2, -0.15) is 13.2 Å². The van der Waals surface area contributed by atoms with Crippen LogP contribution in [0.25, 0.3) is 0 Å². The Bertz CT molecular complexity index is 378. The highest BCUT2D eigenvalue weighted by atomic mass is 79.9. The van der Waals surface area contributed by atoms with Crippen LogP contribution in [0, 0.1) is 5.82 Å². The quantitative estimate of drug-likeness (QED) is 0.822. The van der Waals surface area contributed by atoms with Gasteiger partial charge in [0.25, 0.3) is 0 Å². The van der Waals surface area contributed by atoms with Crippen molar-refractivity contribution in [3.8, 4) is 0 Å². The molecule has 0 aliphatic heterocycles. The van der Waals surface area contributed by atoms with Gasteiger partial charge in [0.15, 0.2) is 0 Å². The first-order chi connectivity index (χ1) is 7.85. The molecule has 0 aliphatic carbocycles. The molecule has 1 atom stereocenters. The van der Waals surface area contributed by atoms with E-state index in [0.29, 0.717) is 0 Å². The number of rotatable bonds is 4. The van der Waals surface area contributed by atoms with Gasteiger partial charge in [0.05, 0.1) is 4.47 Å². The van der Waals surface area contributed by atoms with Gasteiger partial charge in [-0.15, -0.1) is 0 Å². The third-order valence-corrected chi connectivity index (χ3v) is 3.03. The average molecular weight is 314 g/mol. The van der Waals surface area contributed by atoms with Crippen molar-refractivity contribution in [1.82, 2.24) is 5.32 Å². The monoisotopic (exact) mass is 313 g/mol. The zero-order chi connectivity index (χ0) is 13.1. The van der Waals surface area contributed by atoms with Gasteiger partial charge in [-0.1, -0.05) is 12.1 Å². The lowest BCUT2D eigenvalue weighted by Gasteiger charge is -2.18. The molecule has 17 heavy (non-hydrogen) atoms. The Kier molecular flexibility index (Phi) is 4.94. The van der Waals surface area contributed by atoms with Gasteiger partial charge in [-0.05, 0) is 35.5 Å². The molecule has 0 bridgehead atoms. The zero-order valence-corrected chi connectivity index (χ0v) is 10.7. The molecule has 0 heterocycles. The molecule has 0 spiro atoms. The van der Waals surface area contributed by atoms with Crippen LogP contribution in [0.1, 0.15) is 24.4 Å². The minimum Gasteiger partial charge on any atom is -0.313 e. The summed E-state index contributed by atoms with van der Waals surface area (Å²) in [5.74, 6) is -0.519. The predicted octanol–water partition coefficient (Wildman–Crippen LogP) is 4.19. The van der Waals surface area contributed by atoms with Crippen LogP contribution in [0.2, 0.25) is 0 Å². The van der Waals surface area contributed by atoms with E-state index < -0.39 is 24.5 Å². The van der Waals surface area contributed by atoms with E-state index in [2.05, 4.69) is 21.2 Å². The van der Waals surface area contributed by atoms with Gasteiger partial charge in [-0.3, -0.25) is 0 Å².